The number of allylic oxidation sites excluding steroid dienone is 3. The Kier molecular flexibility index (Phi) is 9.31. The summed E-state index contributed by atoms with van der Waals surface area (Å²) in [6.45, 7) is 9.54. The first-order valence-electron chi connectivity index (χ1n) is 8.28. The fraction of sp³-hybridized carbons (Fsp3) is 0.421. The number of anilines is 1. The van der Waals surface area contributed by atoms with Crippen molar-refractivity contribution in [3.05, 3.63) is 42.5 Å². The Morgan fingerprint density at radius 2 is 1.96 bits per heavy atom. The lowest BCUT2D eigenvalue weighted by atomic mass is 10.2. The number of benzene rings is 1. The largest absolute Gasteiger partial charge is 0.493 e. The number of carbonyl (C=O) groups is 1. The molecule has 0 saturated heterocycles. The molecule has 1 rings (SSSR count). The molecule has 132 valence electrons. The summed E-state index contributed by atoms with van der Waals surface area (Å²) in [5.74, 6) is 1.09. The van der Waals surface area contributed by atoms with E-state index in [4.69, 9.17) is 9.47 Å². The average Bonchev–Trinajstić information content (AvgIpc) is 2.59. The number of carbonyl (C=O) groups excluding carboxylic acids is 1. The molecule has 0 aliphatic rings. The third-order valence-corrected chi connectivity index (χ3v) is 3.54. The van der Waals surface area contributed by atoms with Gasteiger partial charge in [-0.05, 0) is 32.1 Å². The number of methoxy groups -OCH3 is 1. The van der Waals surface area contributed by atoms with Crippen molar-refractivity contribution >= 4 is 11.6 Å². The maximum atomic E-state index is 11.8. The van der Waals surface area contributed by atoms with Gasteiger partial charge in [-0.2, -0.15) is 0 Å². The Hall–Kier alpha value is -2.27. The van der Waals surface area contributed by atoms with E-state index in [9.17, 15) is 4.79 Å². The molecule has 1 aromatic carbocycles. The van der Waals surface area contributed by atoms with Crippen LogP contribution in [0.4, 0.5) is 5.69 Å². The van der Waals surface area contributed by atoms with E-state index in [1.165, 1.54) is 6.08 Å². The lowest BCUT2D eigenvalue weighted by molar-refractivity contribution is -0.111. The number of amides is 1. The van der Waals surface area contributed by atoms with Gasteiger partial charge in [0.15, 0.2) is 11.5 Å². The molecule has 1 amide bonds. The first-order valence-corrected chi connectivity index (χ1v) is 8.28. The second-order valence-corrected chi connectivity index (χ2v) is 5.12. The number of nitrogens with zero attached hydrogens (tertiary/aromatic N) is 1. The van der Waals surface area contributed by atoms with E-state index < -0.39 is 0 Å². The maximum Gasteiger partial charge on any atom is 0.248 e. The Balaban J connectivity index is 2.71. The smallest absolute Gasteiger partial charge is 0.248 e. The van der Waals surface area contributed by atoms with Crippen LogP contribution in [0.25, 0.3) is 0 Å². The third kappa shape index (κ3) is 6.87. The van der Waals surface area contributed by atoms with E-state index >= 15 is 0 Å². The number of likely N-dealkylation sites (N-methyl/N-ethyl adjacent to an activating group) is 1. The minimum Gasteiger partial charge on any atom is -0.493 e. The van der Waals surface area contributed by atoms with Crippen molar-refractivity contribution in [3.63, 3.8) is 0 Å². The van der Waals surface area contributed by atoms with Crippen molar-refractivity contribution in [2.75, 3.05) is 38.7 Å². The molecule has 0 bridgehead atoms. The molecule has 0 fully saturated rings. The molecule has 24 heavy (non-hydrogen) atoms. The minimum atomic E-state index is -0.188. The van der Waals surface area contributed by atoms with Gasteiger partial charge in [-0.1, -0.05) is 32.1 Å². The fourth-order valence-electron chi connectivity index (χ4n) is 2.13. The van der Waals surface area contributed by atoms with Gasteiger partial charge in [-0.15, -0.1) is 0 Å². The molecule has 0 atom stereocenters. The highest BCUT2D eigenvalue weighted by Crippen LogP contribution is 2.30. The normalized spacial score (nSPS) is 11.4. The highest BCUT2D eigenvalue weighted by atomic mass is 16.5. The topological polar surface area (TPSA) is 50.8 Å². The van der Waals surface area contributed by atoms with E-state index in [1.54, 1.807) is 37.5 Å². The Bertz CT molecular complexity index is 564. The Morgan fingerprint density at radius 1 is 1.21 bits per heavy atom. The molecule has 0 aliphatic carbocycles. The van der Waals surface area contributed by atoms with Crippen molar-refractivity contribution in [3.8, 4) is 11.5 Å². The lowest BCUT2D eigenvalue weighted by Gasteiger charge is -2.19. The molecule has 0 radical (unpaired) electrons. The number of hydrogen-bond donors (Lipinski definition) is 1. The molecule has 0 heterocycles. The number of hydrogen-bond acceptors (Lipinski definition) is 4. The summed E-state index contributed by atoms with van der Waals surface area (Å²) >= 11 is 0. The molecular weight excluding hydrogens is 304 g/mol. The quantitative estimate of drug-likeness (QED) is 0.526. The fourth-order valence-corrected chi connectivity index (χ4v) is 2.13. The van der Waals surface area contributed by atoms with Crippen LogP contribution in [0.2, 0.25) is 0 Å². The zero-order valence-electron chi connectivity index (χ0n) is 15.0. The van der Waals surface area contributed by atoms with Gasteiger partial charge in [0, 0.05) is 24.4 Å². The second kappa shape index (κ2) is 11.3. The van der Waals surface area contributed by atoms with Crippen LogP contribution in [0.3, 0.4) is 0 Å². The molecule has 0 aliphatic heterocycles. The molecule has 5 heteroatoms. The van der Waals surface area contributed by atoms with Crippen LogP contribution in [0, 0.1) is 0 Å². The van der Waals surface area contributed by atoms with Crippen LogP contribution in [0.5, 0.6) is 11.5 Å². The van der Waals surface area contributed by atoms with Crippen LogP contribution in [-0.2, 0) is 4.79 Å². The van der Waals surface area contributed by atoms with Gasteiger partial charge >= 0.3 is 0 Å². The molecule has 0 spiro atoms. The molecule has 0 saturated carbocycles. The lowest BCUT2D eigenvalue weighted by Crippen LogP contribution is -2.28. The Morgan fingerprint density at radius 3 is 2.58 bits per heavy atom. The second-order valence-electron chi connectivity index (χ2n) is 5.12. The predicted octanol–water partition coefficient (Wildman–Crippen LogP) is 3.49. The molecule has 5 nitrogen and oxygen atoms in total. The van der Waals surface area contributed by atoms with Crippen molar-refractivity contribution in [1.82, 2.24) is 4.90 Å². The highest BCUT2D eigenvalue weighted by Gasteiger charge is 2.08. The van der Waals surface area contributed by atoms with Gasteiger partial charge in [0.1, 0.15) is 6.61 Å². The molecule has 1 aromatic rings. The summed E-state index contributed by atoms with van der Waals surface area (Å²) in [7, 11) is 1.60. The SMILES string of the molecule is C/C=C/C=C/C(=O)Nc1ccc(OC)c(OCCN(CC)CC)c1. The third-order valence-electron chi connectivity index (χ3n) is 3.54. The van der Waals surface area contributed by atoms with E-state index in [-0.39, 0.29) is 5.91 Å². The average molecular weight is 332 g/mol. The van der Waals surface area contributed by atoms with Gasteiger partial charge in [0.2, 0.25) is 5.91 Å². The summed E-state index contributed by atoms with van der Waals surface area (Å²) in [5.41, 5.74) is 0.670. The van der Waals surface area contributed by atoms with Gasteiger partial charge in [0.05, 0.1) is 7.11 Å². The number of ether oxygens (including phenoxy) is 2. The van der Waals surface area contributed by atoms with Crippen LogP contribution in [0.15, 0.2) is 42.5 Å². The summed E-state index contributed by atoms with van der Waals surface area (Å²) in [4.78, 5) is 14.1. The summed E-state index contributed by atoms with van der Waals surface area (Å²) in [5, 5.41) is 2.81. The van der Waals surface area contributed by atoms with Crippen LogP contribution < -0.4 is 14.8 Å². The summed E-state index contributed by atoms with van der Waals surface area (Å²) < 4.78 is 11.2. The van der Waals surface area contributed by atoms with Gasteiger partial charge < -0.3 is 19.7 Å². The Labute approximate surface area is 144 Å². The maximum absolute atomic E-state index is 11.8. The van der Waals surface area contributed by atoms with E-state index in [2.05, 4.69) is 24.1 Å². The van der Waals surface area contributed by atoms with Crippen molar-refractivity contribution in [2.24, 2.45) is 0 Å². The standard InChI is InChI=1S/C19H28N2O3/c1-5-8-9-10-19(22)20-16-11-12-17(23-4)18(15-16)24-14-13-21(6-2)7-3/h5,8-12,15H,6-7,13-14H2,1-4H3,(H,20,22)/b8-5+,10-9+. The van der Waals surface area contributed by atoms with Crippen LogP contribution >= 0.6 is 0 Å². The predicted molar refractivity (Wildman–Crippen MR) is 98.9 cm³/mol. The highest BCUT2D eigenvalue weighted by molar-refractivity contribution is 5.99. The van der Waals surface area contributed by atoms with Crippen molar-refractivity contribution < 1.29 is 14.3 Å². The van der Waals surface area contributed by atoms with E-state index in [0.29, 0.717) is 23.8 Å². The van der Waals surface area contributed by atoms with Crippen molar-refractivity contribution in [2.45, 2.75) is 20.8 Å². The van der Waals surface area contributed by atoms with E-state index in [1.807, 2.05) is 13.0 Å². The molecular formula is C19H28N2O3. The van der Waals surface area contributed by atoms with Crippen LogP contribution in [-0.4, -0.2) is 44.2 Å². The molecule has 1 N–H and O–H groups in total. The first kappa shape index (κ1) is 19.8. The zero-order valence-corrected chi connectivity index (χ0v) is 15.0. The molecule has 0 aromatic heterocycles. The van der Waals surface area contributed by atoms with Gasteiger partial charge in [-0.3, -0.25) is 4.79 Å². The van der Waals surface area contributed by atoms with Gasteiger partial charge in [0.25, 0.3) is 0 Å². The minimum absolute atomic E-state index is 0.188. The van der Waals surface area contributed by atoms with E-state index in [0.717, 1.165) is 19.6 Å². The number of nitrogens with one attached hydrogen (secondary N) is 1. The van der Waals surface area contributed by atoms with Crippen molar-refractivity contribution in [1.29, 1.82) is 0 Å². The van der Waals surface area contributed by atoms with Crippen LogP contribution in [0.1, 0.15) is 20.8 Å². The monoisotopic (exact) mass is 332 g/mol. The number of rotatable bonds is 10. The van der Waals surface area contributed by atoms with Gasteiger partial charge in [-0.25, -0.2) is 0 Å². The zero-order chi connectivity index (χ0) is 17.8. The molecule has 0 unspecified atom stereocenters. The summed E-state index contributed by atoms with van der Waals surface area (Å²) in [6.07, 6.45) is 6.83. The summed E-state index contributed by atoms with van der Waals surface area (Å²) in [6, 6.07) is 5.36. The first-order chi connectivity index (χ1) is 11.6.